The maximum atomic E-state index is 12.4. The summed E-state index contributed by atoms with van der Waals surface area (Å²) in [5, 5.41) is 4.73. The van der Waals surface area contributed by atoms with E-state index < -0.39 is 0 Å². The van der Waals surface area contributed by atoms with E-state index in [4.69, 9.17) is 20.9 Å². The Balaban J connectivity index is 1.38. The van der Waals surface area contributed by atoms with E-state index in [-0.39, 0.29) is 11.8 Å². The second-order valence-corrected chi connectivity index (χ2v) is 6.89. The number of nitrogens with zero attached hydrogens (tertiary/aromatic N) is 3. The summed E-state index contributed by atoms with van der Waals surface area (Å²) in [5.74, 6) is 1.88. The van der Waals surface area contributed by atoms with E-state index in [1.807, 2.05) is 36.4 Å². The summed E-state index contributed by atoms with van der Waals surface area (Å²) in [4.78, 5) is 18.7. The molecule has 1 fully saturated rings. The van der Waals surface area contributed by atoms with Gasteiger partial charge in [0.1, 0.15) is 5.75 Å². The van der Waals surface area contributed by atoms with Gasteiger partial charge < -0.3 is 14.2 Å². The van der Waals surface area contributed by atoms with Gasteiger partial charge in [0, 0.05) is 18.1 Å². The van der Waals surface area contributed by atoms with Gasteiger partial charge in [-0.1, -0.05) is 41.0 Å². The van der Waals surface area contributed by atoms with Gasteiger partial charge in [-0.2, -0.15) is 4.98 Å². The van der Waals surface area contributed by atoms with E-state index in [1.165, 1.54) is 0 Å². The van der Waals surface area contributed by atoms with Gasteiger partial charge in [-0.05, 0) is 29.8 Å². The lowest BCUT2D eigenvalue weighted by molar-refractivity contribution is -0.135. The van der Waals surface area contributed by atoms with E-state index in [0.717, 1.165) is 11.1 Å². The third-order valence-corrected chi connectivity index (χ3v) is 4.89. The third kappa shape index (κ3) is 3.66. The third-order valence-electron chi connectivity index (χ3n) is 4.64. The zero-order valence-corrected chi connectivity index (χ0v) is 15.5. The van der Waals surface area contributed by atoms with Crippen LogP contribution >= 0.6 is 11.6 Å². The fourth-order valence-electron chi connectivity index (χ4n) is 3.07. The Kier molecular flexibility index (Phi) is 4.81. The SMILES string of the molecule is COc1ccccc1-c1noc(C2CN(C(=O)Cc3ccc(Cl)cc3)C2)n1. The Morgan fingerprint density at radius 3 is 2.70 bits per heavy atom. The molecule has 0 N–H and O–H groups in total. The molecule has 138 valence electrons. The Bertz CT molecular complexity index is 949. The molecule has 3 aromatic rings. The maximum absolute atomic E-state index is 12.4. The van der Waals surface area contributed by atoms with Crippen LogP contribution in [0.3, 0.4) is 0 Å². The maximum Gasteiger partial charge on any atom is 0.233 e. The lowest BCUT2D eigenvalue weighted by atomic mass is 9.98. The number of rotatable bonds is 5. The zero-order chi connectivity index (χ0) is 18.8. The Morgan fingerprint density at radius 2 is 1.96 bits per heavy atom. The number of hydrogen-bond acceptors (Lipinski definition) is 5. The van der Waals surface area contributed by atoms with Crippen LogP contribution in [0.25, 0.3) is 11.4 Å². The molecule has 7 heteroatoms. The molecule has 1 aromatic heterocycles. The van der Waals surface area contributed by atoms with Crippen molar-refractivity contribution in [2.24, 2.45) is 0 Å². The predicted octanol–water partition coefficient (Wildman–Crippen LogP) is 3.57. The van der Waals surface area contributed by atoms with Crippen LogP contribution in [0.5, 0.6) is 5.75 Å². The summed E-state index contributed by atoms with van der Waals surface area (Å²) < 4.78 is 10.8. The molecule has 0 saturated carbocycles. The van der Waals surface area contributed by atoms with E-state index in [9.17, 15) is 4.79 Å². The van der Waals surface area contributed by atoms with Gasteiger partial charge >= 0.3 is 0 Å². The van der Waals surface area contributed by atoms with Gasteiger partial charge in [0.15, 0.2) is 0 Å². The number of benzene rings is 2. The monoisotopic (exact) mass is 383 g/mol. The number of para-hydroxylation sites is 1. The van der Waals surface area contributed by atoms with E-state index >= 15 is 0 Å². The summed E-state index contributed by atoms with van der Waals surface area (Å²) in [6.45, 7) is 1.17. The molecule has 0 unspecified atom stereocenters. The number of halogens is 1. The smallest absolute Gasteiger partial charge is 0.233 e. The van der Waals surface area contributed by atoms with Crippen LogP contribution in [0, 0.1) is 0 Å². The number of carbonyl (C=O) groups excluding carboxylic acids is 1. The van der Waals surface area contributed by atoms with Crippen molar-refractivity contribution in [2.45, 2.75) is 12.3 Å². The van der Waals surface area contributed by atoms with Crippen molar-refractivity contribution in [3.05, 3.63) is 65.0 Å². The minimum Gasteiger partial charge on any atom is -0.496 e. The van der Waals surface area contributed by atoms with E-state index in [0.29, 0.717) is 42.0 Å². The van der Waals surface area contributed by atoms with Crippen LogP contribution in [0.1, 0.15) is 17.4 Å². The first-order valence-corrected chi connectivity index (χ1v) is 9.01. The van der Waals surface area contributed by atoms with Gasteiger partial charge in [-0.25, -0.2) is 0 Å². The highest BCUT2D eigenvalue weighted by atomic mass is 35.5. The van der Waals surface area contributed by atoms with Gasteiger partial charge in [0.2, 0.25) is 17.6 Å². The molecule has 0 bridgehead atoms. The molecule has 6 nitrogen and oxygen atoms in total. The van der Waals surface area contributed by atoms with Gasteiger partial charge in [-0.15, -0.1) is 0 Å². The molecular weight excluding hydrogens is 366 g/mol. The van der Waals surface area contributed by atoms with Crippen LogP contribution in [-0.4, -0.2) is 41.1 Å². The molecule has 1 aliphatic rings. The zero-order valence-electron chi connectivity index (χ0n) is 14.8. The fraction of sp³-hybridized carbons (Fsp3) is 0.250. The summed E-state index contributed by atoms with van der Waals surface area (Å²) in [6, 6.07) is 14.8. The first kappa shape index (κ1) is 17.5. The van der Waals surface area contributed by atoms with Crippen LogP contribution in [0.4, 0.5) is 0 Å². The molecule has 0 spiro atoms. The van der Waals surface area contributed by atoms with E-state index in [2.05, 4.69) is 10.1 Å². The number of hydrogen-bond donors (Lipinski definition) is 0. The molecular formula is C20H18ClN3O3. The number of amides is 1. The highest BCUT2D eigenvalue weighted by Gasteiger charge is 2.35. The second kappa shape index (κ2) is 7.40. The normalized spacial score (nSPS) is 14.1. The summed E-state index contributed by atoms with van der Waals surface area (Å²) in [6.07, 6.45) is 0.361. The highest BCUT2D eigenvalue weighted by molar-refractivity contribution is 6.30. The van der Waals surface area contributed by atoms with Crippen molar-refractivity contribution in [3.63, 3.8) is 0 Å². The van der Waals surface area contributed by atoms with Crippen molar-refractivity contribution in [2.75, 3.05) is 20.2 Å². The van der Waals surface area contributed by atoms with Crippen molar-refractivity contribution in [1.82, 2.24) is 15.0 Å². The van der Waals surface area contributed by atoms with Crippen LogP contribution in [-0.2, 0) is 11.2 Å². The molecule has 4 rings (SSSR count). The average molecular weight is 384 g/mol. The molecule has 1 amide bonds. The first-order valence-electron chi connectivity index (χ1n) is 8.63. The van der Waals surface area contributed by atoms with Crippen LogP contribution in [0.15, 0.2) is 53.1 Å². The molecule has 27 heavy (non-hydrogen) atoms. The minimum atomic E-state index is 0.0649. The molecule has 1 aliphatic heterocycles. The molecule has 2 heterocycles. The summed E-state index contributed by atoms with van der Waals surface area (Å²) >= 11 is 5.87. The molecule has 0 radical (unpaired) electrons. The number of likely N-dealkylation sites (tertiary alicyclic amines) is 1. The van der Waals surface area contributed by atoms with Crippen molar-refractivity contribution < 1.29 is 14.1 Å². The topological polar surface area (TPSA) is 68.5 Å². The summed E-state index contributed by atoms with van der Waals surface area (Å²) in [7, 11) is 1.61. The molecule has 1 saturated heterocycles. The Hall–Kier alpha value is -2.86. The Labute approximate surface area is 161 Å². The number of carbonyl (C=O) groups is 1. The lowest BCUT2D eigenvalue weighted by Gasteiger charge is -2.37. The second-order valence-electron chi connectivity index (χ2n) is 6.46. The average Bonchev–Trinajstić information content (AvgIpc) is 3.12. The molecule has 2 aromatic carbocycles. The first-order chi connectivity index (χ1) is 13.1. The number of ether oxygens (including phenoxy) is 1. The number of aromatic nitrogens is 2. The van der Waals surface area contributed by atoms with Crippen LogP contribution in [0.2, 0.25) is 5.02 Å². The van der Waals surface area contributed by atoms with E-state index in [1.54, 1.807) is 24.1 Å². The van der Waals surface area contributed by atoms with Crippen molar-refractivity contribution in [3.8, 4) is 17.1 Å². The lowest BCUT2D eigenvalue weighted by Crippen LogP contribution is -2.49. The quantitative estimate of drug-likeness (QED) is 0.673. The van der Waals surface area contributed by atoms with Crippen molar-refractivity contribution >= 4 is 17.5 Å². The van der Waals surface area contributed by atoms with Gasteiger partial charge in [-0.3, -0.25) is 4.79 Å². The standard InChI is InChI=1S/C20H18ClN3O3/c1-26-17-5-3-2-4-16(17)19-22-20(27-23-19)14-11-24(12-14)18(25)10-13-6-8-15(21)9-7-13/h2-9,14H,10-12H2,1H3. The minimum absolute atomic E-state index is 0.0649. The highest BCUT2D eigenvalue weighted by Crippen LogP contribution is 2.31. The van der Waals surface area contributed by atoms with Gasteiger partial charge in [0.05, 0.1) is 25.0 Å². The molecule has 0 atom stereocenters. The summed E-state index contributed by atoms with van der Waals surface area (Å²) in [5.41, 5.74) is 1.73. The number of methoxy groups -OCH3 is 1. The molecule has 0 aliphatic carbocycles. The van der Waals surface area contributed by atoms with Crippen LogP contribution < -0.4 is 4.74 Å². The largest absolute Gasteiger partial charge is 0.496 e. The predicted molar refractivity (Wildman–Crippen MR) is 101 cm³/mol. The fourth-order valence-corrected chi connectivity index (χ4v) is 3.19. The van der Waals surface area contributed by atoms with Gasteiger partial charge in [0.25, 0.3) is 0 Å². The van der Waals surface area contributed by atoms with Crippen molar-refractivity contribution in [1.29, 1.82) is 0 Å². The Morgan fingerprint density at radius 1 is 1.22 bits per heavy atom.